The summed E-state index contributed by atoms with van der Waals surface area (Å²) in [5, 5.41) is 0. The number of hydrogen-bond donors (Lipinski definition) is 0. The lowest BCUT2D eigenvalue weighted by atomic mass is 10.3. The van der Waals surface area contributed by atoms with Crippen LogP contribution < -0.4 is 0 Å². The van der Waals surface area contributed by atoms with Crippen LogP contribution in [-0.2, 0) is 4.74 Å². The lowest BCUT2D eigenvalue weighted by Gasteiger charge is -1.89. The minimum atomic E-state index is 0.795. The highest BCUT2D eigenvalue weighted by Crippen LogP contribution is 1.91. The van der Waals surface area contributed by atoms with Gasteiger partial charge >= 0.3 is 0 Å². The summed E-state index contributed by atoms with van der Waals surface area (Å²) in [6.07, 6.45) is 4.65. The third-order valence-corrected chi connectivity index (χ3v) is 0.823. The van der Waals surface area contributed by atoms with E-state index in [1.165, 1.54) is 6.40 Å². The van der Waals surface area contributed by atoms with Gasteiger partial charge in [0.1, 0.15) is 0 Å². The summed E-state index contributed by atoms with van der Waals surface area (Å²) in [4.78, 5) is 3.87. The Morgan fingerprint density at radius 2 is 2.57 bits per heavy atom. The molecule has 0 atom stereocenters. The summed E-state index contributed by atoms with van der Waals surface area (Å²) in [5.41, 5.74) is 0. The Hall–Kier alpha value is -0.530. The molecule has 2 heteroatoms. The minimum absolute atomic E-state index is 0.795. The number of rotatable bonds is 0. The molecule has 1 aliphatic heterocycles. The zero-order chi connectivity index (χ0) is 4.95. The van der Waals surface area contributed by atoms with Crippen molar-refractivity contribution in [3.8, 4) is 0 Å². The van der Waals surface area contributed by atoms with Crippen LogP contribution in [0.4, 0.5) is 0 Å². The first-order valence-corrected chi connectivity index (χ1v) is 2.42. The zero-order valence-corrected chi connectivity index (χ0v) is 4.13. The maximum absolute atomic E-state index is 4.87. The van der Waals surface area contributed by atoms with Gasteiger partial charge in [-0.3, -0.25) is 4.99 Å². The zero-order valence-electron chi connectivity index (χ0n) is 4.13. The van der Waals surface area contributed by atoms with Gasteiger partial charge in [0.2, 0.25) is 0 Å². The second-order valence-corrected chi connectivity index (χ2v) is 1.42. The molecule has 0 saturated carbocycles. The highest BCUT2D eigenvalue weighted by molar-refractivity contribution is 5.46. The van der Waals surface area contributed by atoms with Gasteiger partial charge in [0.15, 0.2) is 6.40 Å². The third-order valence-electron chi connectivity index (χ3n) is 0.823. The van der Waals surface area contributed by atoms with Gasteiger partial charge < -0.3 is 4.74 Å². The molecule has 7 heavy (non-hydrogen) atoms. The van der Waals surface area contributed by atoms with Crippen molar-refractivity contribution in [1.29, 1.82) is 0 Å². The summed E-state index contributed by atoms with van der Waals surface area (Å²) in [7, 11) is 0. The SMILES string of the molecule is [CH]1CCOC=NC1. The standard InChI is InChI=1S/C5H8NO/c1-2-4-7-5-6-3-1/h1,5H,2-4H2. The van der Waals surface area contributed by atoms with Crippen LogP contribution in [-0.4, -0.2) is 19.6 Å². The van der Waals surface area contributed by atoms with E-state index in [-0.39, 0.29) is 0 Å². The van der Waals surface area contributed by atoms with E-state index in [0.717, 1.165) is 19.6 Å². The van der Waals surface area contributed by atoms with E-state index >= 15 is 0 Å². The molecular weight excluding hydrogens is 90.1 g/mol. The first-order chi connectivity index (χ1) is 3.50. The van der Waals surface area contributed by atoms with Gasteiger partial charge in [-0.15, -0.1) is 0 Å². The van der Waals surface area contributed by atoms with Gasteiger partial charge in [0, 0.05) is 6.54 Å². The van der Waals surface area contributed by atoms with Crippen molar-refractivity contribution in [2.24, 2.45) is 4.99 Å². The molecule has 0 aromatic heterocycles. The lowest BCUT2D eigenvalue weighted by Crippen LogP contribution is -1.86. The predicted octanol–water partition coefficient (Wildman–Crippen LogP) is 0.639. The third kappa shape index (κ3) is 1.57. The Morgan fingerprint density at radius 3 is 3.57 bits per heavy atom. The fourth-order valence-electron chi connectivity index (χ4n) is 0.466. The van der Waals surface area contributed by atoms with E-state index in [4.69, 9.17) is 4.74 Å². The Bertz CT molecular complexity index is 62.5. The van der Waals surface area contributed by atoms with E-state index in [1.807, 2.05) is 0 Å². The number of nitrogens with zero attached hydrogens (tertiary/aromatic N) is 1. The van der Waals surface area contributed by atoms with Crippen LogP contribution in [0.2, 0.25) is 0 Å². The quantitative estimate of drug-likeness (QED) is 0.435. The fourth-order valence-corrected chi connectivity index (χ4v) is 0.466. The van der Waals surface area contributed by atoms with Crippen molar-refractivity contribution < 1.29 is 4.74 Å². The molecule has 0 fully saturated rings. The van der Waals surface area contributed by atoms with Gasteiger partial charge in [0.05, 0.1) is 6.61 Å². The molecule has 1 rings (SSSR count). The Labute approximate surface area is 43.2 Å². The minimum Gasteiger partial charge on any atom is -0.483 e. The highest BCUT2D eigenvalue weighted by Gasteiger charge is 1.89. The van der Waals surface area contributed by atoms with Crippen LogP contribution in [0.5, 0.6) is 0 Å². The van der Waals surface area contributed by atoms with E-state index in [9.17, 15) is 0 Å². The van der Waals surface area contributed by atoms with E-state index in [1.54, 1.807) is 0 Å². The molecule has 0 N–H and O–H groups in total. The topological polar surface area (TPSA) is 21.6 Å². The predicted molar refractivity (Wildman–Crippen MR) is 28.2 cm³/mol. The molecular formula is C5H8NO. The van der Waals surface area contributed by atoms with E-state index < -0.39 is 0 Å². The van der Waals surface area contributed by atoms with Crippen LogP contribution >= 0.6 is 0 Å². The van der Waals surface area contributed by atoms with Gasteiger partial charge in [-0.05, 0) is 12.8 Å². The van der Waals surface area contributed by atoms with Crippen LogP contribution in [0.25, 0.3) is 0 Å². The van der Waals surface area contributed by atoms with E-state index in [2.05, 4.69) is 11.4 Å². The van der Waals surface area contributed by atoms with Crippen LogP contribution in [0.1, 0.15) is 6.42 Å². The summed E-state index contributed by atoms with van der Waals surface area (Å²) >= 11 is 0. The Kier molecular flexibility index (Phi) is 1.72. The van der Waals surface area contributed by atoms with Gasteiger partial charge in [-0.1, -0.05) is 0 Å². The van der Waals surface area contributed by atoms with Crippen LogP contribution in [0, 0.1) is 6.42 Å². The fraction of sp³-hybridized carbons (Fsp3) is 0.600. The highest BCUT2D eigenvalue weighted by atomic mass is 16.5. The number of aliphatic imine (C=N–C) groups is 1. The molecule has 0 spiro atoms. The molecule has 2 nitrogen and oxygen atoms in total. The molecule has 1 heterocycles. The van der Waals surface area contributed by atoms with Crippen LogP contribution in [0.15, 0.2) is 4.99 Å². The summed E-state index contributed by atoms with van der Waals surface area (Å²) < 4.78 is 4.87. The molecule has 0 saturated heterocycles. The molecule has 1 radical (unpaired) electrons. The van der Waals surface area contributed by atoms with Crippen molar-refractivity contribution in [3.05, 3.63) is 6.42 Å². The Balaban J connectivity index is 2.20. The van der Waals surface area contributed by atoms with Gasteiger partial charge in [0.25, 0.3) is 0 Å². The molecule has 0 aliphatic carbocycles. The van der Waals surface area contributed by atoms with Crippen LogP contribution in [0.3, 0.4) is 0 Å². The molecule has 0 amide bonds. The molecule has 0 aromatic rings. The smallest absolute Gasteiger partial charge is 0.169 e. The van der Waals surface area contributed by atoms with Crippen molar-refractivity contribution >= 4 is 6.40 Å². The van der Waals surface area contributed by atoms with Gasteiger partial charge in [-0.2, -0.15) is 0 Å². The molecule has 0 aromatic carbocycles. The molecule has 1 aliphatic rings. The van der Waals surface area contributed by atoms with E-state index in [0.29, 0.717) is 0 Å². The second kappa shape index (κ2) is 2.61. The average Bonchev–Trinajstić information content (AvgIpc) is 1.90. The lowest BCUT2D eigenvalue weighted by molar-refractivity contribution is 0.328. The second-order valence-electron chi connectivity index (χ2n) is 1.42. The van der Waals surface area contributed by atoms with Crippen molar-refractivity contribution in [1.82, 2.24) is 0 Å². The first kappa shape index (κ1) is 4.62. The largest absolute Gasteiger partial charge is 0.483 e. The summed E-state index contributed by atoms with van der Waals surface area (Å²) in [6.45, 7) is 1.61. The summed E-state index contributed by atoms with van der Waals surface area (Å²) in [5.74, 6) is 0. The number of hydrogen-bond acceptors (Lipinski definition) is 2. The average molecular weight is 98.1 g/mol. The monoisotopic (exact) mass is 98.1 g/mol. The first-order valence-electron chi connectivity index (χ1n) is 2.42. The van der Waals surface area contributed by atoms with Crippen molar-refractivity contribution in [2.75, 3.05) is 13.2 Å². The Morgan fingerprint density at radius 1 is 1.57 bits per heavy atom. The number of ether oxygens (including phenoxy) is 1. The molecule has 0 bridgehead atoms. The van der Waals surface area contributed by atoms with Crippen molar-refractivity contribution in [3.63, 3.8) is 0 Å². The summed E-state index contributed by atoms with van der Waals surface area (Å²) in [6, 6.07) is 0. The maximum atomic E-state index is 4.87. The maximum Gasteiger partial charge on any atom is 0.169 e. The normalized spacial score (nSPS) is 20.6. The van der Waals surface area contributed by atoms with Gasteiger partial charge in [-0.25, -0.2) is 0 Å². The molecule has 0 unspecified atom stereocenters. The molecule has 39 valence electrons. The van der Waals surface area contributed by atoms with Crippen molar-refractivity contribution in [2.45, 2.75) is 6.42 Å².